The van der Waals surface area contributed by atoms with Gasteiger partial charge in [-0.2, -0.15) is 0 Å². The van der Waals surface area contributed by atoms with Gasteiger partial charge in [-0.25, -0.2) is 4.79 Å². The van der Waals surface area contributed by atoms with Crippen LogP contribution in [0.3, 0.4) is 0 Å². The van der Waals surface area contributed by atoms with Crippen molar-refractivity contribution in [2.75, 3.05) is 19.4 Å². The van der Waals surface area contributed by atoms with Gasteiger partial charge in [0, 0.05) is 18.8 Å². The number of carbonyl (C=O) groups excluding carboxylic acids is 1. The molecular formula is C21H29N3O. The lowest BCUT2D eigenvalue weighted by molar-refractivity contribution is 0.251. The fourth-order valence-electron chi connectivity index (χ4n) is 2.61. The molecule has 4 nitrogen and oxygen atoms in total. The summed E-state index contributed by atoms with van der Waals surface area (Å²) >= 11 is 0. The zero-order valence-corrected chi connectivity index (χ0v) is 15.9. The number of nitrogens with one attached hydrogen (secondary N) is 2. The van der Waals surface area contributed by atoms with Crippen molar-refractivity contribution in [3.63, 3.8) is 0 Å². The molecule has 0 atom stereocenters. The minimum absolute atomic E-state index is 0.109. The minimum Gasteiger partial charge on any atom is -0.334 e. The first kappa shape index (κ1) is 19.0. The summed E-state index contributed by atoms with van der Waals surface area (Å²) in [5.41, 5.74) is 4.49. The van der Waals surface area contributed by atoms with Crippen LogP contribution in [0.25, 0.3) is 0 Å². The predicted octanol–water partition coefficient (Wildman–Crippen LogP) is 4.37. The summed E-state index contributed by atoms with van der Waals surface area (Å²) in [6.45, 7) is 7.92. The minimum atomic E-state index is -0.193. The number of carbonyl (C=O) groups is 1. The van der Waals surface area contributed by atoms with Crippen LogP contribution in [-0.4, -0.2) is 25.0 Å². The van der Waals surface area contributed by atoms with Crippen LogP contribution in [0.5, 0.6) is 0 Å². The van der Waals surface area contributed by atoms with Crippen molar-refractivity contribution in [2.45, 2.75) is 39.3 Å². The Kier molecular flexibility index (Phi) is 6.21. The average Bonchev–Trinajstić information content (AvgIpc) is 2.52. The fourth-order valence-corrected chi connectivity index (χ4v) is 2.61. The maximum absolute atomic E-state index is 12.1. The van der Waals surface area contributed by atoms with Crippen LogP contribution in [0.4, 0.5) is 10.5 Å². The normalized spacial score (nSPS) is 11.4. The summed E-state index contributed by atoms with van der Waals surface area (Å²) in [4.78, 5) is 14.2. The molecule has 2 rings (SSSR count). The first-order valence-corrected chi connectivity index (χ1v) is 8.62. The van der Waals surface area contributed by atoms with E-state index in [1.54, 1.807) is 0 Å². The number of rotatable bonds is 5. The molecule has 0 bridgehead atoms. The molecule has 0 aliphatic rings. The zero-order valence-electron chi connectivity index (χ0n) is 15.9. The van der Waals surface area contributed by atoms with Gasteiger partial charge in [-0.15, -0.1) is 0 Å². The van der Waals surface area contributed by atoms with Gasteiger partial charge in [0.1, 0.15) is 0 Å². The Balaban J connectivity index is 1.88. The van der Waals surface area contributed by atoms with Crippen LogP contribution in [-0.2, 0) is 18.5 Å². The maximum Gasteiger partial charge on any atom is 0.319 e. The van der Waals surface area contributed by atoms with E-state index < -0.39 is 0 Å². The summed E-state index contributed by atoms with van der Waals surface area (Å²) in [7, 11) is 4.09. The highest BCUT2D eigenvalue weighted by atomic mass is 16.2. The number of hydrogen-bond acceptors (Lipinski definition) is 2. The molecule has 0 aromatic heterocycles. The first-order chi connectivity index (χ1) is 11.7. The molecule has 0 fully saturated rings. The lowest BCUT2D eigenvalue weighted by Crippen LogP contribution is -2.28. The fraction of sp³-hybridized carbons (Fsp3) is 0.381. The summed E-state index contributed by atoms with van der Waals surface area (Å²) in [5, 5.41) is 5.79. The molecule has 0 heterocycles. The Morgan fingerprint density at radius 1 is 1.00 bits per heavy atom. The van der Waals surface area contributed by atoms with E-state index in [4.69, 9.17) is 0 Å². The Hall–Kier alpha value is -2.33. The molecule has 2 amide bonds. The molecule has 2 N–H and O–H groups in total. The number of urea groups is 1. The van der Waals surface area contributed by atoms with E-state index in [0.717, 1.165) is 17.8 Å². The highest BCUT2D eigenvalue weighted by molar-refractivity contribution is 5.89. The third-order valence-corrected chi connectivity index (χ3v) is 3.95. The first-order valence-electron chi connectivity index (χ1n) is 8.62. The van der Waals surface area contributed by atoms with E-state index in [2.05, 4.69) is 60.6 Å². The summed E-state index contributed by atoms with van der Waals surface area (Å²) in [5.74, 6) is 0. The summed E-state index contributed by atoms with van der Waals surface area (Å²) in [6, 6.07) is 16.1. The van der Waals surface area contributed by atoms with E-state index in [-0.39, 0.29) is 11.4 Å². The lowest BCUT2D eigenvalue weighted by Gasteiger charge is -2.19. The second-order valence-electron chi connectivity index (χ2n) is 7.69. The number of benzene rings is 2. The Bertz CT molecular complexity index is 700. The van der Waals surface area contributed by atoms with E-state index >= 15 is 0 Å². The van der Waals surface area contributed by atoms with Gasteiger partial charge in [0.25, 0.3) is 0 Å². The number of amides is 2. The highest BCUT2D eigenvalue weighted by Gasteiger charge is 2.13. The molecule has 2 aromatic rings. The van der Waals surface area contributed by atoms with Gasteiger partial charge in [-0.3, -0.25) is 0 Å². The monoisotopic (exact) mass is 339 g/mol. The molecule has 0 radical (unpaired) electrons. The zero-order chi connectivity index (χ0) is 18.4. The van der Waals surface area contributed by atoms with E-state index in [0.29, 0.717) is 6.54 Å². The standard InChI is InChI=1S/C21H29N3O/c1-21(2,3)18-9-11-19(12-10-18)23-20(25)22-14-16-7-6-8-17(13-16)15-24(4)5/h6-13H,14-15H2,1-5H3,(H2,22,23,25). The molecule has 0 aliphatic carbocycles. The molecular weight excluding hydrogens is 310 g/mol. The third-order valence-electron chi connectivity index (χ3n) is 3.95. The lowest BCUT2D eigenvalue weighted by atomic mass is 9.87. The van der Waals surface area contributed by atoms with Gasteiger partial charge < -0.3 is 15.5 Å². The van der Waals surface area contributed by atoms with Crippen molar-refractivity contribution in [3.05, 3.63) is 65.2 Å². The summed E-state index contributed by atoms with van der Waals surface area (Å²) in [6.07, 6.45) is 0. The van der Waals surface area contributed by atoms with Crippen LogP contribution < -0.4 is 10.6 Å². The van der Waals surface area contributed by atoms with Gasteiger partial charge in [-0.05, 0) is 48.3 Å². The van der Waals surface area contributed by atoms with Gasteiger partial charge in [0.2, 0.25) is 0 Å². The van der Waals surface area contributed by atoms with Crippen LogP contribution in [0, 0.1) is 0 Å². The van der Waals surface area contributed by atoms with Gasteiger partial charge in [0.05, 0.1) is 0 Å². The largest absolute Gasteiger partial charge is 0.334 e. The van der Waals surface area contributed by atoms with Crippen molar-refractivity contribution in [1.29, 1.82) is 0 Å². The number of anilines is 1. The molecule has 25 heavy (non-hydrogen) atoms. The van der Waals surface area contributed by atoms with Crippen molar-refractivity contribution in [2.24, 2.45) is 0 Å². The maximum atomic E-state index is 12.1. The van der Waals surface area contributed by atoms with Crippen LogP contribution in [0.2, 0.25) is 0 Å². The van der Waals surface area contributed by atoms with Gasteiger partial charge in [0.15, 0.2) is 0 Å². The molecule has 0 saturated carbocycles. The van der Waals surface area contributed by atoms with E-state index in [1.807, 2.05) is 38.4 Å². The van der Waals surface area contributed by atoms with E-state index in [1.165, 1.54) is 11.1 Å². The molecule has 2 aromatic carbocycles. The Labute approximate surface area is 151 Å². The van der Waals surface area contributed by atoms with Crippen molar-refractivity contribution in [1.82, 2.24) is 10.2 Å². The van der Waals surface area contributed by atoms with Crippen LogP contribution >= 0.6 is 0 Å². The van der Waals surface area contributed by atoms with E-state index in [9.17, 15) is 4.79 Å². The van der Waals surface area contributed by atoms with Crippen molar-refractivity contribution >= 4 is 11.7 Å². The summed E-state index contributed by atoms with van der Waals surface area (Å²) < 4.78 is 0. The third kappa shape index (κ3) is 6.24. The average molecular weight is 339 g/mol. The van der Waals surface area contributed by atoms with Gasteiger partial charge in [-0.1, -0.05) is 57.2 Å². The van der Waals surface area contributed by atoms with Crippen molar-refractivity contribution in [3.8, 4) is 0 Å². The quantitative estimate of drug-likeness (QED) is 0.850. The Morgan fingerprint density at radius 2 is 1.64 bits per heavy atom. The predicted molar refractivity (Wildman–Crippen MR) is 105 cm³/mol. The van der Waals surface area contributed by atoms with Crippen LogP contribution in [0.1, 0.15) is 37.5 Å². The number of hydrogen-bond donors (Lipinski definition) is 2. The second kappa shape index (κ2) is 8.17. The topological polar surface area (TPSA) is 44.4 Å². The number of nitrogens with zero attached hydrogens (tertiary/aromatic N) is 1. The highest BCUT2D eigenvalue weighted by Crippen LogP contribution is 2.23. The smallest absolute Gasteiger partial charge is 0.319 e. The van der Waals surface area contributed by atoms with Gasteiger partial charge >= 0.3 is 6.03 Å². The molecule has 0 saturated heterocycles. The van der Waals surface area contributed by atoms with Crippen LogP contribution in [0.15, 0.2) is 48.5 Å². The Morgan fingerprint density at radius 3 is 2.24 bits per heavy atom. The molecule has 0 aliphatic heterocycles. The van der Waals surface area contributed by atoms with Crippen molar-refractivity contribution < 1.29 is 4.79 Å². The molecule has 0 unspecified atom stereocenters. The second-order valence-corrected chi connectivity index (χ2v) is 7.69. The molecule has 0 spiro atoms. The molecule has 134 valence electrons. The SMILES string of the molecule is CN(C)Cc1cccc(CNC(=O)Nc2ccc(C(C)(C)C)cc2)c1. The molecule has 4 heteroatoms.